The second-order valence-electron chi connectivity index (χ2n) is 3.40. The fourth-order valence-electron chi connectivity index (χ4n) is 1.35. The van der Waals surface area contributed by atoms with Crippen LogP contribution >= 0.6 is 11.6 Å². The van der Waals surface area contributed by atoms with Crippen molar-refractivity contribution < 1.29 is 9.13 Å². The van der Waals surface area contributed by atoms with Gasteiger partial charge in [-0.05, 0) is 12.1 Å². The number of nitrogens with zero attached hydrogens (tertiary/aromatic N) is 2. The van der Waals surface area contributed by atoms with Crippen LogP contribution in [0.25, 0.3) is 0 Å². The van der Waals surface area contributed by atoms with Gasteiger partial charge in [-0.3, -0.25) is 0 Å². The molecular formula is C11H10ClFN4O. The van der Waals surface area contributed by atoms with E-state index in [2.05, 4.69) is 15.3 Å². The predicted molar refractivity (Wildman–Crippen MR) is 67.7 cm³/mol. The number of hydrogen-bond donors (Lipinski definition) is 2. The van der Waals surface area contributed by atoms with Gasteiger partial charge in [0.2, 0.25) is 0 Å². The molecule has 0 aliphatic heterocycles. The summed E-state index contributed by atoms with van der Waals surface area (Å²) in [6, 6.07) is 4.30. The molecular weight excluding hydrogens is 259 g/mol. The van der Waals surface area contributed by atoms with Crippen LogP contribution in [0.3, 0.4) is 0 Å². The average Bonchev–Trinajstić information content (AvgIpc) is 2.37. The number of aromatic nitrogens is 2. The highest BCUT2D eigenvalue weighted by Crippen LogP contribution is 2.28. The van der Waals surface area contributed by atoms with Gasteiger partial charge in [0, 0.05) is 11.8 Å². The molecule has 0 saturated carbocycles. The first-order chi connectivity index (χ1) is 8.61. The van der Waals surface area contributed by atoms with Crippen molar-refractivity contribution in [1.82, 2.24) is 9.97 Å². The summed E-state index contributed by atoms with van der Waals surface area (Å²) in [6.07, 6.45) is 1.28. The molecule has 0 saturated heterocycles. The quantitative estimate of drug-likeness (QED) is 0.837. The first-order valence-electron chi connectivity index (χ1n) is 4.98. The summed E-state index contributed by atoms with van der Waals surface area (Å²) < 4.78 is 18.1. The molecule has 94 valence electrons. The molecule has 1 aromatic heterocycles. The zero-order valence-corrected chi connectivity index (χ0v) is 10.2. The molecule has 0 atom stereocenters. The highest BCUT2D eigenvalue weighted by Gasteiger charge is 2.08. The zero-order chi connectivity index (χ0) is 13.1. The lowest BCUT2D eigenvalue weighted by molar-refractivity contribution is 0.387. The molecule has 5 nitrogen and oxygen atoms in total. The van der Waals surface area contributed by atoms with Crippen molar-refractivity contribution >= 4 is 28.8 Å². The molecule has 2 aromatic rings. The predicted octanol–water partition coefficient (Wildman–Crippen LogP) is 2.60. The Hall–Kier alpha value is -2.08. The molecule has 0 spiro atoms. The lowest BCUT2D eigenvalue weighted by atomic mass is 10.3. The number of hydrogen-bond acceptors (Lipinski definition) is 5. The molecule has 1 aromatic carbocycles. The number of nitrogens with two attached hydrogens (primary N) is 1. The van der Waals surface area contributed by atoms with Crippen LogP contribution in [0.15, 0.2) is 24.5 Å². The van der Waals surface area contributed by atoms with Crippen molar-refractivity contribution in [1.29, 1.82) is 0 Å². The van der Waals surface area contributed by atoms with Crippen molar-refractivity contribution in [3.8, 4) is 5.75 Å². The van der Waals surface area contributed by atoms with E-state index in [1.807, 2.05) is 0 Å². The van der Waals surface area contributed by atoms with Gasteiger partial charge in [-0.15, -0.1) is 0 Å². The van der Waals surface area contributed by atoms with Crippen LogP contribution in [0.2, 0.25) is 5.15 Å². The van der Waals surface area contributed by atoms with Gasteiger partial charge in [0.05, 0.1) is 7.11 Å². The Morgan fingerprint density at radius 2 is 2.17 bits per heavy atom. The van der Waals surface area contributed by atoms with Gasteiger partial charge in [-0.2, -0.15) is 0 Å². The lowest BCUT2D eigenvalue weighted by Gasteiger charge is -2.10. The standard InChI is InChI=1S/C11H10ClFN4O/c1-18-8-4-6(2-3-7(8)13)17-11-9(14)10(12)15-5-16-11/h2-5H,14H2,1H3,(H,15,16,17). The second-order valence-corrected chi connectivity index (χ2v) is 3.76. The summed E-state index contributed by atoms with van der Waals surface area (Å²) in [6.45, 7) is 0. The maximum atomic E-state index is 13.2. The first-order valence-corrected chi connectivity index (χ1v) is 5.36. The Morgan fingerprint density at radius 3 is 2.89 bits per heavy atom. The van der Waals surface area contributed by atoms with Crippen LogP contribution in [0, 0.1) is 5.82 Å². The van der Waals surface area contributed by atoms with Crippen LogP contribution in [-0.2, 0) is 0 Å². The number of ether oxygens (including phenoxy) is 1. The van der Waals surface area contributed by atoms with E-state index in [-0.39, 0.29) is 16.6 Å². The SMILES string of the molecule is COc1cc(Nc2ncnc(Cl)c2N)ccc1F. The zero-order valence-electron chi connectivity index (χ0n) is 9.45. The number of rotatable bonds is 3. The van der Waals surface area contributed by atoms with Gasteiger partial charge in [-0.25, -0.2) is 14.4 Å². The van der Waals surface area contributed by atoms with Crippen molar-refractivity contribution in [2.24, 2.45) is 0 Å². The van der Waals surface area contributed by atoms with Crippen molar-refractivity contribution in [2.75, 3.05) is 18.2 Å². The highest BCUT2D eigenvalue weighted by molar-refractivity contribution is 6.32. The molecule has 0 amide bonds. The molecule has 0 bridgehead atoms. The van der Waals surface area contributed by atoms with E-state index in [1.54, 1.807) is 0 Å². The fourth-order valence-corrected chi connectivity index (χ4v) is 1.48. The molecule has 2 rings (SSSR count). The summed E-state index contributed by atoms with van der Waals surface area (Å²) in [5, 5.41) is 3.06. The van der Waals surface area contributed by atoms with Gasteiger partial charge < -0.3 is 15.8 Å². The smallest absolute Gasteiger partial charge is 0.165 e. The number of nitrogen functional groups attached to an aromatic ring is 1. The topological polar surface area (TPSA) is 73.1 Å². The normalized spacial score (nSPS) is 10.2. The van der Waals surface area contributed by atoms with E-state index >= 15 is 0 Å². The molecule has 7 heteroatoms. The molecule has 0 aliphatic carbocycles. The minimum absolute atomic E-state index is 0.124. The van der Waals surface area contributed by atoms with Crippen molar-refractivity contribution in [2.45, 2.75) is 0 Å². The Kier molecular flexibility index (Phi) is 3.47. The van der Waals surface area contributed by atoms with E-state index < -0.39 is 5.82 Å². The van der Waals surface area contributed by atoms with Crippen LogP contribution in [0.1, 0.15) is 0 Å². The van der Waals surface area contributed by atoms with Gasteiger partial charge in [0.15, 0.2) is 22.5 Å². The Morgan fingerprint density at radius 1 is 1.39 bits per heavy atom. The third kappa shape index (κ3) is 2.43. The average molecular weight is 269 g/mol. The summed E-state index contributed by atoms with van der Waals surface area (Å²) in [5.41, 5.74) is 6.51. The molecule has 0 radical (unpaired) electrons. The molecule has 0 aliphatic rings. The van der Waals surface area contributed by atoms with E-state index in [1.165, 1.54) is 31.6 Å². The fraction of sp³-hybridized carbons (Fsp3) is 0.0909. The molecule has 18 heavy (non-hydrogen) atoms. The van der Waals surface area contributed by atoms with E-state index in [4.69, 9.17) is 22.1 Å². The highest BCUT2D eigenvalue weighted by atomic mass is 35.5. The number of benzene rings is 1. The van der Waals surface area contributed by atoms with Crippen LogP contribution in [-0.4, -0.2) is 17.1 Å². The van der Waals surface area contributed by atoms with Crippen molar-refractivity contribution in [3.05, 3.63) is 35.5 Å². The van der Waals surface area contributed by atoms with Gasteiger partial charge in [0.1, 0.15) is 12.0 Å². The summed E-state index contributed by atoms with van der Waals surface area (Å²) in [5.74, 6) is 0.0270. The van der Waals surface area contributed by atoms with Crippen molar-refractivity contribution in [3.63, 3.8) is 0 Å². The molecule has 1 heterocycles. The number of methoxy groups -OCH3 is 1. The number of halogens is 2. The first kappa shape index (κ1) is 12.4. The van der Waals surface area contributed by atoms with Gasteiger partial charge >= 0.3 is 0 Å². The minimum Gasteiger partial charge on any atom is -0.494 e. The minimum atomic E-state index is -0.447. The maximum absolute atomic E-state index is 13.2. The maximum Gasteiger partial charge on any atom is 0.165 e. The molecule has 0 fully saturated rings. The van der Waals surface area contributed by atoms with Crippen LogP contribution in [0.4, 0.5) is 21.6 Å². The van der Waals surface area contributed by atoms with E-state index in [0.29, 0.717) is 11.5 Å². The summed E-state index contributed by atoms with van der Waals surface area (Å²) in [7, 11) is 1.39. The lowest BCUT2D eigenvalue weighted by Crippen LogP contribution is -2.01. The Labute approximate surface area is 108 Å². The molecule has 3 N–H and O–H groups in total. The van der Waals surface area contributed by atoms with E-state index in [9.17, 15) is 4.39 Å². The Bertz CT molecular complexity index is 579. The third-order valence-corrected chi connectivity index (χ3v) is 2.55. The third-order valence-electron chi connectivity index (χ3n) is 2.25. The van der Waals surface area contributed by atoms with Crippen LogP contribution in [0.5, 0.6) is 5.75 Å². The number of nitrogens with one attached hydrogen (secondary N) is 1. The summed E-state index contributed by atoms with van der Waals surface area (Å²) >= 11 is 5.76. The monoisotopic (exact) mass is 268 g/mol. The second kappa shape index (κ2) is 5.05. The largest absolute Gasteiger partial charge is 0.494 e. The molecule has 0 unspecified atom stereocenters. The van der Waals surface area contributed by atoms with Gasteiger partial charge in [-0.1, -0.05) is 11.6 Å². The Balaban J connectivity index is 2.31. The number of anilines is 3. The van der Waals surface area contributed by atoms with E-state index in [0.717, 1.165) is 0 Å². The van der Waals surface area contributed by atoms with Gasteiger partial charge in [0.25, 0.3) is 0 Å². The summed E-state index contributed by atoms with van der Waals surface area (Å²) in [4.78, 5) is 7.68. The van der Waals surface area contributed by atoms with Crippen LogP contribution < -0.4 is 15.8 Å².